The minimum Gasteiger partial charge on any atom is -0.377 e. The Kier molecular flexibility index (Phi) is 4.73. The second-order valence-electron chi connectivity index (χ2n) is 4.82. The molecule has 1 saturated heterocycles. The van der Waals surface area contributed by atoms with E-state index >= 15 is 0 Å². The largest absolute Gasteiger partial charge is 0.377 e. The quantitative estimate of drug-likeness (QED) is 0.781. The Morgan fingerprint density at radius 1 is 1.60 bits per heavy atom. The molecule has 0 radical (unpaired) electrons. The molecule has 2 rings (SSSR count). The van der Waals surface area contributed by atoms with Gasteiger partial charge in [-0.05, 0) is 13.3 Å². The molecule has 20 heavy (non-hydrogen) atoms. The van der Waals surface area contributed by atoms with Gasteiger partial charge in [-0.15, -0.1) is 0 Å². The lowest BCUT2D eigenvalue weighted by molar-refractivity contribution is -0.121. The number of nitrogens with one attached hydrogen (secondary N) is 1. The number of amides is 1. The van der Waals surface area contributed by atoms with Crippen molar-refractivity contribution in [1.82, 2.24) is 9.97 Å². The van der Waals surface area contributed by atoms with Gasteiger partial charge < -0.3 is 20.7 Å². The third-order valence-corrected chi connectivity index (χ3v) is 3.30. The molecule has 1 aliphatic rings. The molecule has 7 heteroatoms. The highest BCUT2D eigenvalue weighted by atomic mass is 16.5. The van der Waals surface area contributed by atoms with Gasteiger partial charge in [-0.25, -0.2) is 9.97 Å². The molecule has 2 heterocycles. The molecule has 0 spiro atoms. The van der Waals surface area contributed by atoms with Crippen molar-refractivity contribution >= 4 is 17.5 Å². The van der Waals surface area contributed by atoms with Crippen molar-refractivity contribution in [2.45, 2.75) is 20.0 Å². The number of hydrogen-bond donors (Lipinski definition) is 2. The Balaban J connectivity index is 2.19. The lowest BCUT2D eigenvalue weighted by Crippen LogP contribution is -2.28. The first kappa shape index (κ1) is 14.5. The van der Waals surface area contributed by atoms with Crippen LogP contribution in [-0.2, 0) is 16.1 Å². The summed E-state index contributed by atoms with van der Waals surface area (Å²) in [7, 11) is 1.61. The maximum absolute atomic E-state index is 11.2. The number of carbonyl (C=O) groups excluding carboxylic acids is 1. The smallest absolute Gasteiger partial charge is 0.222 e. The number of methoxy groups -OCH3 is 1. The van der Waals surface area contributed by atoms with Crippen molar-refractivity contribution in [3.63, 3.8) is 0 Å². The summed E-state index contributed by atoms with van der Waals surface area (Å²) in [6, 6.07) is 1.89. The van der Waals surface area contributed by atoms with E-state index in [9.17, 15) is 4.79 Å². The van der Waals surface area contributed by atoms with Gasteiger partial charge in [-0.3, -0.25) is 4.79 Å². The zero-order chi connectivity index (χ0) is 14.5. The average molecular weight is 279 g/mol. The summed E-state index contributed by atoms with van der Waals surface area (Å²) in [4.78, 5) is 22.2. The van der Waals surface area contributed by atoms with Crippen LogP contribution in [0.1, 0.15) is 19.2 Å². The van der Waals surface area contributed by atoms with Gasteiger partial charge >= 0.3 is 0 Å². The number of nitrogens with two attached hydrogens (primary N) is 1. The molecule has 3 N–H and O–H groups in total. The maximum atomic E-state index is 11.2. The average Bonchev–Trinajstić information content (AvgIpc) is 2.89. The van der Waals surface area contributed by atoms with Crippen LogP contribution in [0.25, 0.3) is 0 Å². The number of nitrogens with zero attached hydrogens (tertiary/aromatic N) is 3. The van der Waals surface area contributed by atoms with Crippen molar-refractivity contribution < 1.29 is 9.53 Å². The minimum atomic E-state index is -0.245. The maximum Gasteiger partial charge on any atom is 0.222 e. The molecule has 7 nitrogen and oxygen atoms in total. The van der Waals surface area contributed by atoms with Gasteiger partial charge in [-0.2, -0.15) is 0 Å². The summed E-state index contributed by atoms with van der Waals surface area (Å²) >= 11 is 0. The standard InChI is InChI=1S/C13H21N5O2/c1-3-15-10-6-12(17-11(16-10)8-20-2)18-5-4-9(7-18)13(14)19/h6,9H,3-5,7-8H2,1-2H3,(H2,14,19)(H,15,16,17). The molecule has 110 valence electrons. The molecule has 1 fully saturated rings. The van der Waals surface area contributed by atoms with Crippen LogP contribution in [0.2, 0.25) is 0 Å². The van der Waals surface area contributed by atoms with E-state index in [1.54, 1.807) is 7.11 Å². The third-order valence-electron chi connectivity index (χ3n) is 3.30. The lowest BCUT2D eigenvalue weighted by Gasteiger charge is -2.18. The van der Waals surface area contributed by atoms with Crippen molar-refractivity contribution in [3.05, 3.63) is 11.9 Å². The van der Waals surface area contributed by atoms with E-state index in [-0.39, 0.29) is 11.8 Å². The number of rotatable bonds is 6. The highest BCUT2D eigenvalue weighted by molar-refractivity contribution is 5.78. The fraction of sp³-hybridized carbons (Fsp3) is 0.615. The molecular weight excluding hydrogens is 258 g/mol. The molecule has 0 aromatic carbocycles. The Morgan fingerprint density at radius 3 is 3.00 bits per heavy atom. The second-order valence-corrected chi connectivity index (χ2v) is 4.82. The molecule has 1 aromatic heterocycles. The molecular formula is C13H21N5O2. The van der Waals surface area contributed by atoms with Gasteiger partial charge in [0, 0.05) is 32.8 Å². The summed E-state index contributed by atoms with van der Waals surface area (Å²) in [5.74, 6) is 1.87. The SMILES string of the molecule is CCNc1cc(N2CCC(C(N)=O)C2)nc(COC)n1. The van der Waals surface area contributed by atoms with Crippen LogP contribution in [0.4, 0.5) is 11.6 Å². The first-order chi connectivity index (χ1) is 9.63. The van der Waals surface area contributed by atoms with Crippen LogP contribution < -0.4 is 16.0 Å². The van der Waals surface area contributed by atoms with Crippen LogP contribution in [0.5, 0.6) is 0 Å². The van der Waals surface area contributed by atoms with E-state index in [1.165, 1.54) is 0 Å². The summed E-state index contributed by atoms with van der Waals surface area (Å²) in [5.41, 5.74) is 5.36. The van der Waals surface area contributed by atoms with Crippen LogP contribution >= 0.6 is 0 Å². The predicted octanol–water partition coefficient (Wildman–Crippen LogP) is 0.366. The Bertz CT molecular complexity index is 456. The number of hydrogen-bond acceptors (Lipinski definition) is 6. The van der Waals surface area contributed by atoms with Crippen molar-refractivity contribution in [1.29, 1.82) is 0 Å². The second kappa shape index (κ2) is 6.51. The predicted molar refractivity (Wildman–Crippen MR) is 76.4 cm³/mol. The van der Waals surface area contributed by atoms with Gasteiger partial charge in [0.15, 0.2) is 5.82 Å². The van der Waals surface area contributed by atoms with Crippen LogP contribution in [0.3, 0.4) is 0 Å². The summed E-state index contributed by atoms with van der Waals surface area (Å²) in [6.45, 7) is 4.55. The monoisotopic (exact) mass is 279 g/mol. The fourth-order valence-electron chi connectivity index (χ4n) is 2.31. The van der Waals surface area contributed by atoms with E-state index in [4.69, 9.17) is 10.5 Å². The number of anilines is 2. The zero-order valence-electron chi connectivity index (χ0n) is 11.9. The first-order valence-electron chi connectivity index (χ1n) is 6.79. The highest BCUT2D eigenvalue weighted by Crippen LogP contribution is 2.24. The number of carbonyl (C=O) groups is 1. The Labute approximate surface area is 118 Å². The van der Waals surface area contributed by atoms with Gasteiger partial charge in [-0.1, -0.05) is 0 Å². The fourth-order valence-corrected chi connectivity index (χ4v) is 2.31. The molecule has 1 aliphatic heterocycles. The van der Waals surface area contributed by atoms with Crippen molar-refractivity contribution in [2.24, 2.45) is 11.7 Å². The molecule has 1 unspecified atom stereocenters. The molecule has 1 amide bonds. The first-order valence-corrected chi connectivity index (χ1v) is 6.79. The van der Waals surface area contributed by atoms with E-state index in [2.05, 4.69) is 20.2 Å². The molecule has 1 atom stereocenters. The topological polar surface area (TPSA) is 93.4 Å². The summed E-state index contributed by atoms with van der Waals surface area (Å²) < 4.78 is 5.09. The Hall–Kier alpha value is -1.89. The van der Waals surface area contributed by atoms with Crippen LogP contribution in [-0.4, -0.2) is 42.6 Å². The molecule has 0 saturated carbocycles. The summed E-state index contributed by atoms with van der Waals surface area (Å²) in [5, 5.41) is 3.18. The van der Waals surface area contributed by atoms with E-state index in [0.717, 1.165) is 31.1 Å². The van der Waals surface area contributed by atoms with E-state index in [0.29, 0.717) is 19.0 Å². The number of aromatic nitrogens is 2. The number of primary amides is 1. The summed E-state index contributed by atoms with van der Waals surface area (Å²) in [6.07, 6.45) is 0.773. The van der Waals surface area contributed by atoms with E-state index in [1.807, 2.05) is 13.0 Å². The lowest BCUT2D eigenvalue weighted by atomic mass is 10.1. The number of ether oxygens (including phenoxy) is 1. The zero-order valence-corrected chi connectivity index (χ0v) is 11.9. The van der Waals surface area contributed by atoms with Gasteiger partial charge in [0.2, 0.25) is 5.91 Å². The van der Waals surface area contributed by atoms with E-state index < -0.39 is 0 Å². The molecule has 1 aromatic rings. The highest BCUT2D eigenvalue weighted by Gasteiger charge is 2.27. The van der Waals surface area contributed by atoms with Crippen molar-refractivity contribution in [2.75, 3.05) is 37.0 Å². The van der Waals surface area contributed by atoms with Gasteiger partial charge in [0.05, 0.1) is 5.92 Å². The molecule has 0 aliphatic carbocycles. The van der Waals surface area contributed by atoms with Crippen molar-refractivity contribution in [3.8, 4) is 0 Å². The van der Waals surface area contributed by atoms with Gasteiger partial charge in [0.25, 0.3) is 0 Å². The normalized spacial score (nSPS) is 18.3. The van der Waals surface area contributed by atoms with Crippen LogP contribution in [0.15, 0.2) is 6.07 Å². The van der Waals surface area contributed by atoms with Gasteiger partial charge in [0.1, 0.15) is 18.2 Å². The molecule has 0 bridgehead atoms. The Morgan fingerprint density at radius 2 is 2.40 bits per heavy atom. The minimum absolute atomic E-state index is 0.0987. The third kappa shape index (κ3) is 3.36. The van der Waals surface area contributed by atoms with Crippen LogP contribution in [0, 0.1) is 5.92 Å².